The molecule has 0 saturated carbocycles. The zero-order valence-electron chi connectivity index (χ0n) is 14.7. The lowest BCUT2D eigenvalue weighted by Crippen LogP contribution is -2.55. The van der Waals surface area contributed by atoms with Crippen LogP contribution in [0.1, 0.15) is 19.3 Å². The molecule has 0 spiro atoms. The van der Waals surface area contributed by atoms with Crippen molar-refractivity contribution in [2.24, 2.45) is 11.5 Å². The van der Waals surface area contributed by atoms with E-state index in [0.717, 1.165) is 0 Å². The molecule has 14 nitrogen and oxygen atoms in total. The van der Waals surface area contributed by atoms with Gasteiger partial charge in [0.1, 0.15) is 12.1 Å². The van der Waals surface area contributed by atoms with Gasteiger partial charge >= 0.3 is 11.9 Å². The second-order valence-corrected chi connectivity index (χ2v) is 5.63. The van der Waals surface area contributed by atoms with Gasteiger partial charge in [0.15, 0.2) is 0 Å². The average molecular weight is 405 g/mol. The molecule has 3 unspecified atom stereocenters. The Kier molecular flexibility index (Phi) is 10.8. The number of carboxylic acids is 2. The van der Waals surface area contributed by atoms with Crippen LogP contribution < -0.4 is 27.4 Å². The fourth-order valence-electron chi connectivity index (χ4n) is 1.83. The van der Waals surface area contributed by atoms with Crippen LogP contribution in [0.3, 0.4) is 0 Å². The minimum Gasteiger partial charge on any atom is -0.481 e. The average Bonchev–Trinajstić information content (AvgIpc) is 2.59. The first kappa shape index (κ1) is 24.7. The van der Waals surface area contributed by atoms with E-state index in [1.54, 1.807) is 0 Å². The highest BCUT2D eigenvalue weighted by Gasteiger charge is 2.25. The van der Waals surface area contributed by atoms with E-state index in [4.69, 9.17) is 26.8 Å². The normalized spacial score (nSPS) is 13.5. The summed E-state index contributed by atoms with van der Waals surface area (Å²) in [4.78, 5) is 67.5. The molecule has 0 aliphatic heterocycles. The Morgan fingerprint density at radius 2 is 1.54 bits per heavy atom. The van der Waals surface area contributed by atoms with E-state index in [1.165, 1.54) is 0 Å². The van der Waals surface area contributed by atoms with E-state index in [0.29, 0.717) is 0 Å². The third kappa shape index (κ3) is 10.0. The molecular formula is C14H23N5O9. The smallest absolute Gasteiger partial charge is 0.326 e. The van der Waals surface area contributed by atoms with Crippen molar-refractivity contribution in [2.45, 2.75) is 37.4 Å². The van der Waals surface area contributed by atoms with E-state index in [9.17, 15) is 28.8 Å². The lowest BCUT2D eigenvalue weighted by molar-refractivity contribution is -0.142. The van der Waals surface area contributed by atoms with E-state index < -0.39 is 73.3 Å². The highest BCUT2D eigenvalue weighted by Crippen LogP contribution is 1.97. The van der Waals surface area contributed by atoms with Crippen LogP contribution in [-0.2, 0) is 28.8 Å². The third-order valence-corrected chi connectivity index (χ3v) is 3.28. The molecule has 0 saturated heterocycles. The number of aliphatic hydroxyl groups is 1. The van der Waals surface area contributed by atoms with Crippen molar-refractivity contribution >= 4 is 35.6 Å². The summed E-state index contributed by atoms with van der Waals surface area (Å²) in [7, 11) is 0. The van der Waals surface area contributed by atoms with Crippen molar-refractivity contribution < 1.29 is 44.1 Å². The Bertz CT molecular complexity index is 624. The molecule has 14 heteroatoms. The summed E-state index contributed by atoms with van der Waals surface area (Å²) in [5.41, 5.74) is 10.2. The Morgan fingerprint density at radius 3 is 2.00 bits per heavy atom. The molecule has 0 aromatic rings. The van der Waals surface area contributed by atoms with Crippen LogP contribution in [0.4, 0.5) is 0 Å². The lowest BCUT2D eigenvalue weighted by Gasteiger charge is -2.19. The molecule has 0 radical (unpaired) electrons. The molecule has 0 fully saturated rings. The molecule has 0 aliphatic rings. The number of hydrogen-bond acceptors (Lipinski definition) is 8. The number of amides is 4. The van der Waals surface area contributed by atoms with Gasteiger partial charge in [-0.25, -0.2) is 4.79 Å². The number of carboxylic acid groups (broad SMARTS) is 2. The number of nitrogens with two attached hydrogens (primary N) is 2. The molecule has 0 aliphatic carbocycles. The van der Waals surface area contributed by atoms with Gasteiger partial charge in [-0.1, -0.05) is 0 Å². The van der Waals surface area contributed by atoms with Crippen molar-refractivity contribution in [2.75, 3.05) is 13.2 Å². The van der Waals surface area contributed by atoms with Gasteiger partial charge in [-0.15, -0.1) is 0 Å². The number of nitrogens with one attached hydrogen (secondary N) is 3. The summed E-state index contributed by atoms with van der Waals surface area (Å²) in [5, 5.41) is 32.8. The third-order valence-electron chi connectivity index (χ3n) is 3.28. The Labute approximate surface area is 158 Å². The van der Waals surface area contributed by atoms with Gasteiger partial charge in [0, 0.05) is 6.42 Å². The van der Waals surface area contributed by atoms with Gasteiger partial charge in [-0.2, -0.15) is 0 Å². The lowest BCUT2D eigenvalue weighted by atomic mass is 10.1. The summed E-state index contributed by atoms with van der Waals surface area (Å²) >= 11 is 0. The highest BCUT2D eigenvalue weighted by atomic mass is 16.4. The molecule has 0 rings (SSSR count). The molecule has 3 atom stereocenters. The number of primary amides is 1. The summed E-state index contributed by atoms with van der Waals surface area (Å²) < 4.78 is 0. The van der Waals surface area contributed by atoms with Crippen LogP contribution in [0.5, 0.6) is 0 Å². The standard InChI is InChI=1S/C14H23N5O9/c15-6(3-11(23)24)12(25)19-8(5-20)13(26)17-4-10(22)18-7(14(27)28)1-2-9(16)21/h6-8,20H,1-5,15H2,(H2,16,21)(H,17,26)(H,18,22)(H,19,25)(H,23,24)(H,27,28). The zero-order valence-corrected chi connectivity index (χ0v) is 14.7. The summed E-state index contributed by atoms with van der Waals surface area (Å²) in [6, 6.07) is -4.37. The SMILES string of the molecule is NC(=O)CCC(NC(=O)CNC(=O)C(CO)NC(=O)C(N)CC(=O)O)C(=O)O. The minimum absolute atomic E-state index is 0.249. The fourth-order valence-corrected chi connectivity index (χ4v) is 1.83. The molecule has 10 N–H and O–H groups in total. The fraction of sp³-hybridized carbons (Fsp3) is 0.571. The topological polar surface area (TPSA) is 251 Å². The second kappa shape index (κ2) is 12.2. The minimum atomic E-state index is -1.51. The quantitative estimate of drug-likeness (QED) is 0.145. The van der Waals surface area contributed by atoms with Crippen LogP contribution in [-0.4, -0.2) is 82.2 Å². The monoisotopic (exact) mass is 405 g/mol. The van der Waals surface area contributed by atoms with Crippen molar-refractivity contribution in [1.29, 1.82) is 0 Å². The summed E-state index contributed by atoms with van der Waals surface area (Å²) in [6.45, 7) is -1.55. The van der Waals surface area contributed by atoms with Crippen molar-refractivity contribution in [1.82, 2.24) is 16.0 Å². The maximum atomic E-state index is 11.9. The van der Waals surface area contributed by atoms with Gasteiger partial charge in [0.05, 0.1) is 25.6 Å². The predicted octanol–water partition coefficient (Wildman–Crippen LogP) is -4.78. The van der Waals surface area contributed by atoms with E-state index in [2.05, 4.69) is 10.6 Å². The van der Waals surface area contributed by atoms with Gasteiger partial charge in [-0.05, 0) is 6.42 Å². The molecule has 28 heavy (non-hydrogen) atoms. The maximum Gasteiger partial charge on any atom is 0.326 e. The Balaban J connectivity index is 4.59. The maximum absolute atomic E-state index is 11.9. The first-order valence-corrected chi connectivity index (χ1v) is 7.94. The van der Waals surface area contributed by atoms with Crippen LogP contribution in [0, 0.1) is 0 Å². The molecular weight excluding hydrogens is 382 g/mol. The number of aliphatic carboxylic acids is 2. The molecule has 0 aromatic heterocycles. The van der Waals surface area contributed by atoms with Crippen molar-refractivity contribution in [3.05, 3.63) is 0 Å². The van der Waals surface area contributed by atoms with Crippen molar-refractivity contribution in [3.8, 4) is 0 Å². The highest BCUT2D eigenvalue weighted by molar-refractivity contribution is 5.93. The summed E-state index contributed by atoms with van der Waals surface area (Å²) in [5.74, 6) is -6.40. The molecule has 4 amide bonds. The van der Waals surface area contributed by atoms with E-state index in [1.807, 2.05) is 5.32 Å². The first-order chi connectivity index (χ1) is 13.0. The first-order valence-electron chi connectivity index (χ1n) is 7.94. The van der Waals surface area contributed by atoms with Gasteiger partial charge < -0.3 is 42.7 Å². The predicted molar refractivity (Wildman–Crippen MR) is 90.2 cm³/mol. The second-order valence-electron chi connectivity index (χ2n) is 5.63. The number of aliphatic hydroxyl groups excluding tert-OH is 1. The number of carbonyl (C=O) groups is 6. The summed E-state index contributed by atoms with van der Waals surface area (Å²) in [6.07, 6.45) is -1.23. The molecule has 158 valence electrons. The Morgan fingerprint density at radius 1 is 0.929 bits per heavy atom. The zero-order chi connectivity index (χ0) is 21.9. The molecule has 0 aromatic carbocycles. The molecule has 0 bridgehead atoms. The van der Waals surface area contributed by atoms with Gasteiger partial charge in [0.25, 0.3) is 0 Å². The van der Waals surface area contributed by atoms with Crippen LogP contribution >= 0.6 is 0 Å². The van der Waals surface area contributed by atoms with Crippen LogP contribution in [0.2, 0.25) is 0 Å². The van der Waals surface area contributed by atoms with Crippen molar-refractivity contribution in [3.63, 3.8) is 0 Å². The van der Waals surface area contributed by atoms with Gasteiger partial charge in [0.2, 0.25) is 23.6 Å². The molecule has 0 heterocycles. The number of hydrogen-bond donors (Lipinski definition) is 8. The van der Waals surface area contributed by atoms with Crippen LogP contribution in [0.15, 0.2) is 0 Å². The number of carbonyl (C=O) groups excluding carboxylic acids is 4. The Hall–Kier alpha value is -3.26. The van der Waals surface area contributed by atoms with E-state index >= 15 is 0 Å². The number of rotatable bonds is 13. The largest absolute Gasteiger partial charge is 0.481 e. The van der Waals surface area contributed by atoms with E-state index in [-0.39, 0.29) is 12.8 Å². The van der Waals surface area contributed by atoms with Crippen LogP contribution in [0.25, 0.3) is 0 Å². The van der Waals surface area contributed by atoms with Gasteiger partial charge in [-0.3, -0.25) is 24.0 Å².